The molecule has 0 fully saturated rings. The van der Waals surface area contributed by atoms with Crippen molar-refractivity contribution < 1.29 is 19.2 Å². The first-order valence-corrected chi connectivity index (χ1v) is 30.3. The van der Waals surface area contributed by atoms with E-state index in [4.69, 9.17) is 11.5 Å². The van der Waals surface area contributed by atoms with E-state index < -0.39 is 23.9 Å². The largest absolute Gasteiger partial charge is 0.320 e. The van der Waals surface area contributed by atoms with Crippen molar-refractivity contribution in [1.82, 2.24) is 9.80 Å². The molecule has 0 aliphatic rings. The quantitative estimate of drug-likeness (QED) is 0.0626. The van der Waals surface area contributed by atoms with Crippen LogP contribution in [0.3, 0.4) is 0 Å². The Kier molecular flexibility index (Phi) is 42.1. The molecule has 70 heavy (non-hydrogen) atoms. The number of unbranched alkanes of at least 4 members (excludes halogenated alkanes) is 38. The van der Waals surface area contributed by atoms with Crippen molar-refractivity contribution in [2.75, 3.05) is 13.1 Å². The molecule has 2 atom stereocenters. The summed E-state index contributed by atoms with van der Waals surface area (Å²) in [5.74, 6) is -1.78. The Morgan fingerprint density at radius 2 is 0.500 bits per heavy atom. The summed E-state index contributed by atoms with van der Waals surface area (Å²) in [7, 11) is 0. The lowest BCUT2D eigenvalue weighted by Crippen LogP contribution is -2.49. The number of hydrogen-bond acceptors (Lipinski definition) is 6. The zero-order chi connectivity index (χ0) is 51.5. The molecule has 8 heteroatoms. The summed E-state index contributed by atoms with van der Waals surface area (Å²) in [6.45, 7) is 12.8. The van der Waals surface area contributed by atoms with Crippen LogP contribution >= 0.6 is 0 Å². The number of imide groups is 2. The van der Waals surface area contributed by atoms with Crippen LogP contribution in [0.5, 0.6) is 0 Å². The molecule has 406 valence electrons. The number of rotatable bonds is 48. The number of nitrogens with two attached hydrogens (primary N) is 2. The van der Waals surface area contributed by atoms with Crippen LogP contribution in [0.4, 0.5) is 0 Å². The van der Waals surface area contributed by atoms with Gasteiger partial charge in [-0.2, -0.15) is 0 Å². The summed E-state index contributed by atoms with van der Waals surface area (Å²) in [6.07, 6.45) is 51.7. The summed E-state index contributed by atoms with van der Waals surface area (Å²) < 4.78 is 0. The molecular formula is C62H114N4O4. The summed E-state index contributed by atoms with van der Waals surface area (Å²) >= 11 is 0. The van der Waals surface area contributed by atoms with Gasteiger partial charge in [-0.05, 0) is 48.9 Å². The lowest BCUT2D eigenvalue weighted by atomic mass is 10.0. The Morgan fingerprint density at radius 1 is 0.329 bits per heavy atom. The van der Waals surface area contributed by atoms with Crippen LogP contribution in [0.2, 0.25) is 0 Å². The number of benzene rings is 1. The first kappa shape index (κ1) is 65.4. The molecule has 0 saturated heterocycles. The molecule has 1 aromatic rings. The molecule has 8 nitrogen and oxygen atoms in total. The van der Waals surface area contributed by atoms with Gasteiger partial charge in [0.15, 0.2) is 0 Å². The Labute approximate surface area is 433 Å². The van der Waals surface area contributed by atoms with Gasteiger partial charge in [0.1, 0.15) is 0 Å². The van der Waals surface area contributed by atoms with Crippen molar-refractivity contribution in [1.29, 1.82) is 0 Å². The molecule has 1 aromatic carbocycles. The number of nitrogens with zero attached hydrogens (tertiary/aromatic N) is 2. The molecule has 0 radical (unpaired) electrons. The zero-order valence-corrected chi connectivity index (χ0v) is 47.0. The third-order valence-electron chi connectivity index (χ3n) is 14.9. The highest BCUT2D eigenvalue weighted by Gasteiger charge is 2.31. The molecule has 0 unspecified atom stereocenters. The maximum Gasteiger partial charge on any atom is 0.260 e. The smallest absolute Gasteiger partial charge is 0.260 e. The fourth-order valence-corrected chi connectivity index (χ4v) is 9.67. The van der Waals surface area contributed by atoms with E-state index in [1.807, 2.05) is 27.7 Å². The molecule has 0 aliphatic heterocycles. The monoisotopic (exact) mass is 979 g/mol. The fourth-order valence-electron chi connectivity index (χ4n) is 9.67. The van der Waals surface area contributed by atoms with Crippen molar-refractivity contribution in [3.05, 3.63) is 35.4 Å². The molecular weight excluding hydrogens is 865 g/mol. The van der Waals surface area contributed by atoms with E-state index >= 15 is 0 Å². The molecule has 0 heterocycles. The van der Waals surface area contributed by atoms with Gasteiger partial charge < -0.3 is 11.5 Å². The predicted molar refractivity (Wildman–Crippen MR) is 300 cm³/mol. The van der Waals surface area contributed by atoms with Gasteiger partial charge in [-0.3, -0.25) is 29.0 Å². The van der Waals surface area contributed by atoms with E-state index in [0.717, 1.165) is 38.5 Å². The second-order valence-corrected chi connectivity index (χ2v) is 22.1. The van der Waals surface area contributed by atoms with Crippen LogP contribution in [0.15, 0.2) is 24.3 Å². The minimum atomic E-state index is -0.784. The molecule has 0 saturated carbocycles. The van der Waals surface area contributed by atoms with E-state index in [1.165, 1.54) is 228 Å². The normalized spacial score (nSPS) is 12.5. The minimum Gasteiger partial charge on any atom is -0.320 e. The molecule has 0 spiro atoms. The standard InChI is InChI=1S/C62H114N4O4/c1-7-9-11-13-15-17-19-21-23-25-27-29-31-33-35-37-39-41-43-45-51-65(61(69)57(63)53(3)4)59(67)55-47-49-56(50-48-55)60(68)66(62(70)58(64)54(5)6)52-46-44-42-40-38-36-34-32-30-28-26-24-22-20-18-16-14-12-10-8-2/h47-50,53-54,57-58H,7-46,51-52,63-64H2,1-6H3/t57-,58-/m0/s1. The molecule has 0 aromatic heterocycles. The Bertz CT molecular complexity index is 1310. The highest BCUT2D eigenvalue weighted by Crippen LogP contribution is 2.20. The van der Waals surface area contributed by atoms with E-state index in [-0.39, 0.29) is 23.7 Å². The molecule has 0 aliphatic carbocycles. The third-order valence-corrected chi connectivity index (χ3v) is 14.9. The maximum absolute atomic E-state index is 13.9. The van der Waals surface area contributed by atoms with Gasteiger partial charge in [0.05, 0.1) is 12.1 Å². The van der Waals surface area contributed by atoms with Crippen LogP contribution in [0.1, 0.15) is 319 Å². The van der Waals surface area contributed by atoms with E-state index in [9.17, 15) is 19.2 Å². The number of hydrogen-bond donors (Lipinski definition) is 2. The van der Waals surface area contributed by atoms with Gasteiger partial charge in [0.2, 0.25) is 11.8 Å². The number of carbonyl (C=O) groups excluding carboxylic acids is 4. The number of carbonyl (C=O) groups is 4. The molecule has 1 rings (SSSR count). The topological polar surface area (TPSA) is 127 Å². The van der Waals surface area contributed by atoms with Crippen LogP contribution in [0.25, 0.3) is 0 Å². The second-order valence-electron chi connectivity index (χ2n) is 22.1. The van der Waals surface area contributed by atoms with Crippen molar-refractivity contribution in [2.24, 2.45) is 23.3 Å². The summed E-state index contributed by atoms with van der Waals surface area (Å²) in [6, 6.07) is 4.81. The van der Waals surface area contributed by atoms with Crippen LogP contribution in [0, 0.1) is 11.8 Å². The van der Waals surface area contributed by atoms with Gasteiger partial charge in [0.25, 0.3) is 11.8 Å². The van der Waals surface area contributed by atoms with Crippen molar-refractivity contribution in [3.63, 3.8) is 0 Å². The lowest BCUT2D eigenvalue weighted by molar-refractivity contribution is -0.131. The lowest BCUT2D eigenvalue weighted by Gasteiger charge is -2.27. The summed E-state index contributed by atoms with van der Waals surface area (Å²) in [5.41, 5.74) is 13.3. The zero-order valence-electron chi connectivity index (χ0n) is 47.0. The highest BCUT2D eigenvalue weighted by molar-refractivity contribution is 6.08. The van der Waals surface area contributed by atoms with Crippen LogP contribution < -0.4 is 11.5 Å². The van der Waals surface area contributed by atoms with Gasteiger partial charge in [-0.15, -0.1) is 0 Å². The van der Waals surface area contributed by atoms with Gasteiger partial charge in [-0.25, -0.2) is 0 Å². The highest BCUT2D eigenvalue weighted by atomic mass is 16.2. The SMILES string of the molecule is CCCCCCCCCCCCCCCCCCCCCCN(C(=O)c1ccc(C(=O)N(CCCCCCCCCCCCCCCCCCCCCC)C(=O)[C@@H](N)C(C)C)cc1)C(=O)[C@@H](N)C(C)C. The minimum absolute atomic E-state index is 0.114. The third kappa shape index (κ3) is 32.5. The van der Waals surface area contributed by atoms with Crippen molar-refractivity contribution in [3.8, 4) is 0 Å². The molecule has 4 amide bonds. The first-order chi connectivity index (χ1) is 34.0. The average molecular weight is 980 g/mol. The van der Waals surface area contributed by atoms with Gasteiger partial charge in [0, 0.05) is 24.2 Å². The Balaban J connectivity index is 2.50. The summed E-state index contributed by atoms with van der Waals surface area (Å²) in [4.78, 5) is 57.6. The van der Waals surface area contributed by atoms with E-state index in [2.05, 4.69) is 13.8 Å². The average Bonchev–Trinajstić information content (AvgIpc) is 3.36. The van der Waals surface area contributed by atoms with Crippen LogP contribution in [-0.2, 0) is 9.59 Å². The second kappa shape index (κ2) is 45.1. The maximum atomic E-state index is 13.9. The first-order valence-electron chi connectivity index (χ1n) is 30.3. The molecule has 0 bridgehead atoms. The van der Waals surface area contributed by atoms with Crippen molar-refractivity contribution >= 4 is 23.6 Å². The predicted octanol–water partition coefficient (Wildman–Crippen LogP) is 17.2. The number of amides is 4. The summed E-state index contributed by atoms with van der Waals surface area (Å²) in [5, 5.41) is 0. The van der Waals surface area contributed by atoms with Gasteiger partial charge in [-0.1, -0.05) is 286 Å². The van der Waals surface area contributed by atoms with E-state index in [1.54, 1.807) is 24.3 Å². The van der Waals surface area contributed by atoms with E-state index in [0.29, 0.717) is 24.2 Å². The molecule has 4 N–H and O–H groups in total. The Morgan fingerprint density at radius 3 is 0.671 bits per heavy atom. The van der Waals surface area contributed by atoms with Gasteiger partial charge >= 0.3 is 0 Å². The Hall–Kier alpha value is -2.58. The van der Waals surface area contributed by atoms with Crippen molar-refractivity contribution in [2.45, 2.75) is 310 Å². The fraction of sp³-hybridized carbons (Fsp3) is 0.839. The van der Waals surface area contributed by atoms with Crippen LogP contribution in [-0.4, -0.2) is 58.6 Å².